The number of imide groups is 1. The summed E-state index contributed by atoms with van der Waals surface area (Å²) in [5.41, 5.74) is 2.80. The van der Waals surface area contributed by atoms with Crippen LogP contribution in [0.5, 0.6) is 5.75 Å². The van der Waals surface area contributed by atoms with Crippen molar-refractivity contribution in [3.8, 4) is 5.75 Å². The summed E-state index contributed by atoms with van der Waals surface area (Å²) in [7, 11) is 1.60. The van der Waals surface area contributed by atoms with Crippen LogP contribution in [0.1, 0.15) is 30.0 Å². The van der Waals surface area contributed by atoms with Gasteiger partial charge in [-0.1, -0.05) is 18.2 Å². The van der Waals surface area contributed by atoms with E-state index in [1.807, 2.05) is 50.2 Å². The molecule has 7 heteroatoms. The molecule has 2 aromatic rings. The zero-order valence-electron chi connectivity index (χ0n) is 17.7. The lowest BCUT2D eigenvalue weighted by atomic mass is 9.93. The van der Waals surface area contributed by atoms with E-state index in [1.54, 1.807) is 20.1 Å². The van der Waals surface area contributed by atoms with Crippen LogP contribution in [0.2, 0.25) is 0 Å². The highest BCUT2D eigenvalue weighted by atomic mass is 16.5. The highest BCUT2D eigenvalue weighted by molar-refractivity contribution is 6.09. The fourth-order valence-corrected chi connectivity index (χ4v) is 3.41. The summed E-state index contributed by atoms with van der Waals surface area (Å²) in [6.45, 7) is 5.31. The molecule has 0 spiro atoms. The molecule has 4 amide bonds. The first kappa shape index (κ1) is 21.4. The zero-order chi connectivity index (χ0) is 21.9. The van der Waals surface area contributed by atoms with Crippen molar-refractivity contribution in [2.75, 3.05) is 19.0 Å². The summed E-state index contributed by atoms with van der Waals surface area (Å²) in [4.78, 5) is 38.7. The Morgan fingerprint density at radius 2 is 1.80 bits per heavy atom. The van der Waals surface area contributed by atoms with E-state index in [0.717, 1.165) is 27.3 Å². The minimum Gasteiger partial charge on any atom is -0.497 e. The molecule has 1 atom stereocenters. The molecule has 3 rings (SSSR count). The Balaban J connectivity index is 1.61. The van der Waals surface area contributed by atoms with Crippen LogP contribution in [-0.4, -0.2) is 41.9 Å². The number of amides is 4. The van der Waals surface area contributed by atoms with E-state index in [1.165, 1.54) is 0 Å². The first-order valence-electron chi connectivity index (χ1n) is 9.86. The van der Waals surface area contributed by atoms with Gasteiger partial charge in [-0.2, -0.15) is 0 Å². The molecule has 2 N–H and O–H groups in total. The first-order chi connectivity index (χ1) is 14.2. The number of anilines is 1. The molecular weight excluding hydrogens is 382 g/mol. The van der Waals surface area contributed by atoms with E-state index in [0.29, 0.717) is 18.5 Å². The Morgan fingerprint density at radius 3 is 2.43 bits per heavy atom. The van der Waals surface area contributed by atoms with Crippen molar-refractivity contribution in [2.45, 2.75) is 39.2 Å². The van der Waals surface area contributed by atoms with E-state index < -0.39 is 23.4 Å². The van der Waals surface area contributed by atoms with Gasteiger partial charge in [-0.15, -0.1) is 0 Å². The molecule has 1 aliphatic rings. The third-order valence-electron chi connectivity index (χ3n) is 5.51. The van der Waals surface area contributed by atoms with E-state index in [-0.39, 0.29) is 6.54 Å². The summed E-state index contributed by atoms with van der Waals surface area (Å²) in [6.07, 6.45) is 1.04. The highest BCUT2D eigenvalue weighted by Crippen LogP contribution is 2.24. The van der Waals surface area contributed by atoms with Crippen molar-refractivity contribution in [3.05, 3.63) is 59.2 Å². The Kier molecular flexibility index (Phi) is 6.10. The highest BCUT2D eigenvalue weighted by Gasteiger charge is 2.47. The average Bonchev–Trinajstić information content (AvgIpc) is 2.93. The van der Waals surface area contributed by atoms with Gasteiger partial charge in [-0.3, -0.25) is 14.5 Å². The van der Waals surface area contributed by atoms with Crippen LogP contribution in [0.4, 0.5) is 10.5 Å². The van der Waals surface area contributed by atoms with Crippen LogP contribution in [0, 0.1) is 13.8 Å². The SMILES string of the molecule is COc1ccc(CCC2(C)NC(=O)N(CC(=O)Nc3ccc(C)c(C)c3)C2=O)cc1. The van der Waals surface area contributed by atoms with Crippen molar-refractivity contribution in [2.24, 2.45) is 0 Å². The molecule has 0 aromatic heterocycles. The summed E-state index contributed by atoms with van der Waals surface area (Å²) < 4.78 is 5.15. The fourth-order valence-electron chi connectivity index (χ4n) is 3.41. The van der Waals surface area contributed by atoms with Crippen LogP contribution in [0.3, 0.4) is 0 Å². The number of nitrogens with zero attached hydrogens (tertiary/aromatic N) is 1. The van der Waals surface area contributed by atoms with Gasteiger partial charge in [-0.05, 0) is 74.6 Å². The predicted octanol–water partition coefficient (Wildman–Crippen LogP) is 3.19. The monoisotopic (exact) mass is 409 g/mol. The maximum atomic E-state index is 12.9. The Labute approximate surface area is 176 Å². The maximum Gasteiger partial charge on any atom is 0.325 e. The second kappa shape index (κ2) is 8.57. The third kappa shape index (κ3) is 4.62. The molecule has 158 valence electrons. The molecule has 0 bridgehead atoms. The molecule has 0 radical (unpaired) electrons. The lowest BCUT2D eigenvalue weighted by molar-refractivity contribution is -0.133. The average molecular weight is 409 g/mol. The molecule has 1 fully saturated rings. The summed E-state index contributed by atoms with van der Waals surface area (Å²) in [5.74, 6) is -0.0476. The molecule has 2 aromatic carbocycles. The van der Waals surface area contributed by atoms with Gasteiger partial charge in [0.1, 0.15) is 17.8 Å². The molecule has 1 unspecified atom stereocenters. The minimum atomic E-state index is -1.04. The lowest BCUT2D eigenvalue weighted by Gasteiger charge is -2.21. The van der Waals surface area contributed by atoms with Crippen molar-refractivity contribution >= 4 is 23.5 Å². The van der Waals surface area contributed by atoms with E-state index in [9.17, 15) is 14.4 Å². The van der Waals surface area contributed by atoms with Gasteiger partial charge in [0.05, 0.1) is 7.11 Å². The van der Waals surface area contributed by atoms with Crippen molar-refractivity contribution < 1.29 is 19.1 Å². The van der Waals surface area contributed by atoms with Crippen LogP contribution in [0.15, 0.2) is 42.5 Å². The van der Waals surface area contributed by atoms with Crippen LogP contribution >= 0.6 is 0 Å². The molecule has 1 heterocycles. The minimum absolute atomic E-state index is 0.324. The van der Waals surface area contributed by atoms with Gasteiger partial charge in [0.2, 0.25) is 5.91 Å². The Bertz CT molecular complexity index is 971. The summed E-state index contributed by atoms with van der Waals surface area (Å²) in [5, 5.41) is 5.49. The van der Waals surface area contributed by atoms with Crippen molar-refractivity contribution in [1.29, 1.82) is 0 Å². The Morgan fingerprint density at radius 1 is 1.10 bits per heavy atom. The standard InChI is InChI=1S/C23H27N3O4/c1-15-5-8-18(13-16(15)2)24-20(27)14-26-21(28)23(3,25-22(26)29)12-11-17-6-9-19(30-4)10-7-17/h5-10,13H,11-12,14H2,1-4H3,(H,24,27)(H,25,29). The van der Waals surface area contributed by atoms with E-state index in [4.69, 9.17) is 4.74 Å². The van der Waals surface area contributed by atoms with Crippen molar-refractivity contribution in [1.82, 2.24) is 10.2 Å². The molecule has 7 nitrogen and oxygen atoms in total. The normalized spacial score (nSPS) is 18.3. The van der Waals surface area contributed by atoms with Gasteiger partial charge in [0.15, 0.2) is 0 Å². The molecule has 30 heavy (non-hydrogen) atoms. The first-order valence-corrected chi connectivity index (χ1v) is 9.86. The molecule has 0 saturated carbocycles. The molecule has 0 aliphatic carbocycles. The van der Waals surface area contributed by atoms with Gasteiger partial charge in [0.25, 0.3) is 5.91 Å². The topological polar surface area (TPSA) is 87.7 Å². The molecular formula is C23H27N3O4. The smallest absolute Gasteiger partial charge is 0.325 e. The number of methoxy groups -OCH3 is 1. The second-order valence-corrected chi connectivity index (χ2v) is 7.85. The maximum absolute atomic E-state index is 12.9. The number of benzene rings is 2. The van der Waals surface area contributed by atoms with E-state index in [2.05, 4.69) is 10.6 Å². The zero-order valence-corrected chi connectivity index (χ0v) is 17.7. The number of urea groups is 1. The number of rotatable bonds is 7. The van der Waals surface area contributed by atoms with E-state index >= 15 is 0 Å². The number of aryl methyl sites for hydroxylation is 3. The third-order valence-corrected chi connectivity index (χ3v) is 5.51. The largest absolute Gasteiger partial charge is 0.497 e. The predicted molar refractivity (Wildman–Crippen MR) is 115 cm³/mol. The number of carbonyl (C=O) groups is 3. The number of nitrogens with one attached hydrogen (secondary N) is 2. The van der Waals surface area contributed by atoms with Crippen molar-refractivity contribution in [3.63, 3.8) is 0 Å². The number of hydrogen-bond donors (Lipinski definition) is 2. The summed E-state index contributed by atoms with van der Waals surface area (Å²) >= 11 is 0. The van der Waals surface area contributed by atoms with Crippen LogP contribution in [0.25, 0.3) is 0 Å². The van der Waals surface area contributed by atoms with Gasteiger partial charge < -0.3 is 15.4 Å². The number of ether oxygens (including phenoxy) is 1. The second-order valence-electron chi connectivity index (χ2n) is 7.85. The Hall–Kier alpha value is -3.35. The molecule has 1 saturated heterocycles. The molecule has 1 aliphatic heterocycles. The van der Waals surface area contributed by atoms with Crippen LogP contribution in [-0.2, 0) is 16.0 Å². The number of hydrogen-bond acceptors (Lipinski definition) is 4. The van der Waals surface area contributed by atoms with Gasteiger partial charge in [0, 0.05) is 5.69 Å². The van der Waals surface area contributed by atoms with Gasteiger partial charge >= 0.3 is 6.03 Å². The quantitative estimate of drug-likeness (QED) is 0.688. The summed E-state index contributed by atoms with van der Waals surface area (Å²) in [6, 6.07) is 12.6. The number of carbonyl (C=O) groups excluding carboxylic acids is 3. The lowest BCUT2D eigenvalue weighted by Crippen LogP contribution is -2.45. The van der Waals surface area contributed by atoms with Crippen LogP contribution < -0.4 is 15.4 Å². The fraction of sp³-hybridized carbons (Fsp3) is 0.348. The van der Waals surface area contributed by atoms with Gasteiger partial charge in [-0.25, -0.2) is 4.79 Å².